The normalized spacial score (nSPS) is 26.2. The molecule has 186 valence electrons. The maximum Gasteiger partial charge on any atom is 0.400 e. The lowest BCUT2D eigenvalue weighted by Gasteiger charge is -2.36. The van der Waals surface area contributed by atoms with Gasteiger partial charge in [-0.1, -0.05) is 32.6 Å². The number of ether oxygens (including phenoxy) is 1. The van der Waals surface area contributed by atoms with E-state index in [1.54, 1.807) is 0 Å². The summed E-state index contributed by atoms with van der Waals surface area (Å²) in [6, 6.07) is 4.29. The van der Waals surface area contributed by atoms with Gasteiger partial charge in [0.25, 0.3) is 0 Å². The maximum atomic E-state index is 14.9. The van der Waals surface area contributed by atoms with Crippen molar-refractivity contribution in [1.82, 2.24) is 0 Å². The Balaban J connectivity index is 1.39. The van der Waals surface area contributed by atoms with Crippen LogP contribution in [0.15, 0.2) is 30.3 Å². The molecule has 0 N–H and O–H groups in total. The van der Waals surface area contributed by atoms with Crippen LogP contribution in [0.1, 0.15) is 64.7 Å². The van der Waals surface area contributed by atoms with Crippen molar-refractivity contribution in [3.63, 3.8) is 0 Å². The number of benzene rings is 2. The largest absolute Gasteiger partial charge is 0.432 e. The van der Waals surface area contributed by atoms with Crippen molar-refractivity contribution in [2.75, 3.05) is 0 Å². The van der Waals surface area contributed by atoms with Gasteiger partial charge in [-0.25, -0.2) is 17.6 Å². The highest BCUT2D eigenvalue weighted by atomic mass is 19.3. The number of halogens is 6. The number of alkyl halides is 2. The Morgan fingerprint density at radius 2 is 1.35 bits per heavy atom. The summed E-state index contributed by atoms with van der Waals surface area (Å²) in [6.07, 6.45) is 4.79. The first-order valence-corrected chi connectivity index (χ1v) is 12.2. The summed E-state index contributed by atoms with van der Waals surface area (Å²) in [4.78, 5) is 0. The van der Waals surface area contributed by atoms with Gasteiger partial charge in [0, 0.05) is 11.6 Å². The van der Waals surface area contributed by atoms with Gasteiger partial charge in [0.1, 0.15) is 11.6 Å². The fourth-order valence-electron chi connectivity index (χ4n) is 5.66. The van der Waals surface area contributed by atoms with E-state index in [2.05, 4.69) is 6.92 Å². The quantitative estimate of drug-likeness (QED) is 0.234. The zero-order chi connectivity index (χ0) is 24.5. The van der Waals surface area contributed by atoms with Crippen LogP contribution in [0, 0.1) is 46.9 Å². The first-order chi connectivity index (χ1) is 16.1. The summed E-state index contributed by atoms with van der Waals surface area (Å²) in [6.45, 7) is 2.28. The monoisotopic (exact) mass is 484 g/mol. The lowest BCUT2D eigenvalue weighted by Crippen LogP contribution is -2.38. The molecule has 0 radical (unpaired) electrons. The molecule has 2 saturated carbocycles. The van der Waals surface area contributed by atoms with Crippen LogP contribution >= 0.6 is 0 Å². The summed E-state index contributed by atoms with van der Waals surface area (Å²) >= 11 is 0. The van der Waals surface area contributed by atoms with E-state index < -0.39 is 35.3 Å². The molecule has 2 aliphatic carbocycles. The second-order valence-corrected chi connectivity index (χ2v) is 10.0. The molecule has 34 heavy (non-hydrogen) atoms. The molecule has 2 atom stereocenters. The molecule has 2 aliphatic rings. The third kappa shape index (κ3) is 5.55. The van der Waals surface area contributed by atoms with Gasteiger partial charge in [-0.3, -0.25) is 0 Å². The van der Waals surface area contributed by atoms with Gasteiger partial charge in [0.2, 0.25) is 0 Å². The predicted molar refractivity (Wildman–Crippen MR) is 118 cm³/mol. The Morgan fingerprint density at radius 3 is 2.00 bits per heavy atom. The third-order valence-electron chi connectivity index (χ3n) is 7.71. The van der Waals surface area contributed by atoms with Gasteiger partial charge < -0.3 is 4.74 Å². The minimum absolute atomic E-state index is 0.238. The Morgan fingerprint density at radius 1 is 0.735 bits per heavy atom. The Kier molecular flexibility index (Phi) is 7.48. The maximum absolute atomic E-state index is 14.9. The molecule has 7 heteroatoms. The van der Waals surface area contributed by atoms with Crippen LogP contribution in [-0.2, 0) is 0 Å². The second-order valence-electron chi connectivity index (χ2n) is 10.0. The Hall–Kier alpha value is -2.18. The molecule has 1 nitrogen and oxygen atoms in total. The van der Waals surface area contributed by atoms with E-state index in [-0.39, 0.29) is 16.9 Å². The Bertz CT molecular complexity index is 976. The van der Waals surface area contributed by atoms with Crippen molar-refractivity contribution >= 4 is 0 Å². The first-order valence-electron chi connectivity index (χ1n) is 12.2. The summed E-state index contributed by atoms with van der Waals surface area (Å²) in [5.41, 5.74) is -0.481. The summed E-state index contributed by atoms with van der Waals surface area (Å²) in [5, 5.41) is 0. The van der Waals surface area contributed by atoms with Crippen molar-refractivity contribution in [2.24, 2.45) is 23.7 Å². The standard InChI is InChI=1S/C27H30F6O/c1-16-3-2-4-17(6-5-16)18-7-9-20(10-8-18)27(32,33)34-21-11-12-22(23(28)15-21)19-13-24(29)26(31)25(30)14-19/h11-18,20H,2-10H2,1H3. The van der Waals surface area contributed by atoms with Crippen LogP contribution in [0.3, 0.4) is 0 Å². The zero-order valence-corrected chi connectivity index (χ0v) is 19.2. The summed E-state index contributed by atoms with van der Waals surface area (Å²) in [5.74, 6) is -5.06. The van der Waals surface area contributed by atoms with E-state index in [9.17, 15) is 26.3 Å². The van der Waals surface area contributed by atoms with Crippen molar-refractivity contribution in [3.8, 4) is 16.9 Å². The Labute approximate surface area is 196 Å². The van der Waals surface area contributed by atoms with Crippen molar-refractivity contribution in [1.29, 1.82) is 0 Å². The lowest BCUT2D eigenvalue weighted by atomic mass is 9.73. The minimum Gasteiger partial charge on any atom is -0.432 e. The first kappa shape index (κ1) is 24.9. The molecule has 0 heterocycles. The van der Waals surface area contributed by atoms with E-state index in [1.807, 2.05) is 0 Å². The van der Waals surface area contributed by atoms with Crippen molar-refractivity contribution in [2.45, 2.75) is 70.8 Å². The predicted octanol–water partition coefficient (Wildman–Crippen LogP) is 8.90. The minimum atomic E-state index is -3.45. The van der Waals surface area contributed by atoms with Gasteiger partial charge in [0.05, 0.1) is 5.92 Å². The van der Waals surface area contributed by atoms with Gasteiger partial charge in [-0.15, -0.1) is 0 Å². The molecule has 0 aliphatic heterocycles. The van der Waals surface area contributed by atoms with E-state index >= 15 is 0 Å². The molecule has 2 fully saturated rings. The molecular weight excluding hydrogens is 454 g/mol. The van der Waals surface area contributed by atoms with Crippen LogP contribution in [0.2, 0.25) is 0 Å². The van der Waals surface area contributed by atoms with Crippen LogP contribution < -0.4 is 4.74 Å². The average Bonchev–Trinajstić information content (AvgIpc) is 3.01. The SMILES string of the molecule is CC1CCCC(C2CCC(C(F)(F)Oc3ccc(-c4cc(F)c(F)c(F)c4)c(F)c3)CC2)CC1. The highest BCUT2D eigenvalue weighted by molar-refractivity contribution is 5.65. The van der Waals surface area contributed by atoms with Crippen molar-refractivity contribution in [3.05, 3.63) is 53.6 Å². The van der Waals surface area contributed by atoms with Gasteiger partial charge in [-0.2, -0.15) is 8.78 Å². The molecule has 0 amide bonds. The smallest absolute Gasteiger partial charge is 0.400 e. The highest BCUT2D eigenvalue weighted by Crippen LogP contribution is 2.45. The molecular formula is C27H30F6O. The lowest BCUT2D eigenvalue weighted by molar-refractivity contribution is -0.224. The van der Waals surface area contributed by atoms with Crippen LogP contribution in [0.5, 0.6) is 5.75 Å². The number of rotatable bonds is 5. The topological polar surface area (TPSA) is 9.23 Å². The molecule has 0 bridgehead atoms. The van der Waals surface area contributed by atoms with Gasteiger partial charge in [0.15, 0.2) is 17.5 Å². The molecule has 0 aromatic heterocycles. The van der Waals surface area contributed by atoms with Gasteiger partial charge >= 0.3 is 6.11 Å². The van der Waals surface area contributed by atoms with Gasteiger partial charge in [-0.05, 0) is 79.7 Å². The average molecular weight is 485 g/mol. The fourth-order valence-corrected chi connectivity index (χ4v) is 5.66. The molecule has 2 unspecified atom stereocenters. The highest BCUT2D eigenvalue weighted by Gasteiger charge is 2.45. The summed E-state index contributed by atoms with van der Waals surface area (Å²) in [7, 11) is 0. The molecule has 0 saturated heterocycles. The number of hydrogen-bond donors (Lipinski definition) is 0. The third-order valence-corrected chi connectivity index (χ3v) is 7.71. The van der Waals surface area contributed by atoms with E-state index in [0.717, 1.165) is 37.0 Å². The van der Waals surface area contributed by atoms with Crippen LogP contribution in [-0.4, -0.2) is 6.11 Å². The molecule has 0 spiro atoms. The molecule has 4 rings (SSSR count). The van der Waals surface area contributed by atoms with Crippen molar-refractivity contribution < 1.29 is 31.1 Å². The zero-order valence-electron chi connectivity index (χ0n) is 19.2. The number of hydrogen-bond acceptors (Lipinski definition) is 1. The van der Waals surface area contributed by atoms with E-state index in [0.29, 0.717) is 36.8 Å². The van der Waals surface area contributed by atoms with E-state index in [4.69, 9.17) is 4.74 Å². The van der Waals surface area contributed by atoms with Crippen LogP contribution in [0.25, 0.3) is 11.1 Å². The second kappa shape index (κ2) is 10.2. The van der Waals surface area contributed by atoms with E-state index in [1.165, 1.54) is 32.1 Å². The molecule has 2 aromatic rings. The van der Waals surface area contributed by atoms with Crippen LogP contribution in [0.4, 0.5) is 26.3 Å². The summed E-state index contributed by atoms with van der Waals surface area (Å²) < 4.78 is 89.4. The molecule has 2 aromatic carbocycles. The fraction of sp³-hybridized carbons (Fsp3) is 0.556.